The van der Waals surface area contributed by atoms with E-state index in [0.717, 1.165) is 17.7 Å². The van der Waals surface area contributed by atoms with Crippen LogP contribution in [0.25, 0.3) is 16.6 Å². The van der Waals surface area contributed by atoms with Gasteiger partial charge in [0, 0.05) is 12.6 Å². The van der Waals surface area contributed by atoms with Gasteiger partial charge in [-0.2, -0.15) is 13.2 Å². The van der Waals surface area contributed by atoms with Gasteiger partial charge in [-0.3, -0.25) is 14.2 Å². The topological polar surface area (TPSA) is 55.2 Å². The van der Waals surface area contributed by atoms with E-state index in [4.69, 9.17) is 0 Å². The van der Waals surface area contributed by atoms with Crippen LogP contribution in [0, 0.1) is 0 Å². The molecule has 8 heteroatoms. The van der Waals surface area contributed by atoms with E-state index < -0.39 is 23.3 Å². The third-order valence-corrected chi connectivity index (χ3v) is 6.53. The van der Waals surface area contributed by atoms with Gasteiger partial charge in [0.15, 0.2) is 0 Å². The lowest BCUT2D eigenvalue weighted by molar-refractivity contribution is -0.137. The van der Waals surface area contributed by atoms with Crippen LogP contribution < -0.4 is 5.56 Å². The molecule has 4 rings (SSSR count). The van der Waals surface area contributed by atoms with Gasteiger partial charge < -0.3 is 4.90 Å². The predicted molar refractivity (Wildman–Crippen MR) is 138 cm³/mol. The summed E-state index contributed by atoms with van der Waals surface area (Å²) in [6.45, 7) is 8.00. The zero-order valence-electron chi connectivity index (χ0n) is 21.3. The van der Waals surface area contributed by atoms with E-state index in [1.807, 2.05) is 12.1 Å². The molecule has 4 aromatic rings. The highest BCUT2D eigenvalue weighted by Crippen LogP contribution is 2.30. The summed E-state index contributed by atoms with van der Waals surface area (Å²) in [6.07, 6.45) is -4.50. The van der Waals surface area contributed by atoms with Gasteiger partial charge in [-0.15, -0.1) is 0 Å². The van der Waals surface area contributed by atoms with E-state index in [1.54, 1.807) is 50.4 Å². The molecular formula is C29H28F3N3O2. The third kappa shape index (κ3) is 5.14. The Labute approximate surface area is 213 Å². The van der Waals surface area contributed by atoms with Crippen molar-refractivity contribution in [1.82, 2.24) is 14.5 Å². The lowest BCUT2D eigenvalue weighted by atomic mass is 9.86. The molecule has 0 saturated carbocycles. The number of benzene rings is 3. The van der Waals surface area contributed by atoms with Gasteiger partial charge in [-0.05, 0) is 66.4 Å². The number of hydrogen-bond acceptors (Lipinski definition) is 3. The van der Waals surface area contributed by atoms with E-state index in [-0.39, 0.29) is 22.8 Å². The van der Waals surface area contributed by atoms with Crippen LogP contribution in [0.3, 0.4) is 0 Å². The minimum Gasteiger partial charge on any atom is -0.332 e. The summed E-state index contributed by atoms with van der Waals surface area (Å²) >= 11 is 0. The molecule has 0 fully saturated rings. The van der Waals surface area contributed by atoms with Crippen molar-refractivity contribution in [2.75, 3.05) is 7.05 Å². The molecule has 1 heterocycles. The van der Waals surface area contributed by atoms with E-state index in [2.05, 4.69) is 25.8 Å². The molecule has 0 aliphatic rings. The summed E-state index contributed by atoms with van der Waals surface area (Å²) < 4.78 is 40.7. The fraction of sp³-hybridized carbons (Fsp3) is 0.276. The average molecular weight is 508 g/mol. The van der Waals surface area contributed by atoms with E-state index >= 15 is 0 Å². The minimum atomic E-state index is -4.50. The number of hydrogen-bond donors (Lipinski definition) is 0. The maximum atomic E-state index is 13.5. The summed E-state index contributed by atoms with van der Waals surface area (Å²) in [5.41, 5.74) is 0.925. The Morgan fingerprint density at radius 3 is 2.03 bits per heavy atom. The highest BCUT2D eigenvalue weighted by molar-refractivity contribution is 5.94. The first-order valence-electron chi connectivity index (χ1n) is 11.9. The van der Waals surface area contributed by atoms with Crippen molar-refractivity contribution in [3.05, 3.63) is 106 Å². The van der Waals surface area contributed by atoms with Crippen LogP contribution in [0.1, 0.15) is 61.0 Å². The predicted octanol–water partition coefficient (Wildman–Crippen LogP) is 6.54. The number of aromatic nitrogens is 2. The SMILES string of the molecule is CC(c1nc2ccccc2c(=O)n1-c1ccc(C(F)(F)F)cc1)N(C)C(=O)c1ccc(C(C)(C)C)cc1. The Hall–Kier alpha value is -3.94. The summed E-state index contributed by atoms with van der Waals surface area (Å²) in [6, 6.07) is 17.8. The molecule has 1 aromatic heterocycles. The van der Waals surface area contributed by atoms with Crippen LogP contribution in [0.15, 0.2) is 77.6 Å². The van der Waals surface area contributed by atoms with Crippen molar-refractivity contribution < 1.29 is 18.0 Å². The van der Waals surface area contributed by atoms with E-state index in [9.17, 15) is 22.8 Å². The fourth-order valence-electron chi connectivity index (χ4n) is 4.14. The molecular weight excluding hydrogens is 479 g/mol. The number of carbonyl (C=O) groups is 1. The lowest BCUT2D eigenvalue weighted by Gasteiger charge is -2.27. The molecule has 3 aromatic carbocycles. The molecule has 0 N–H and O–H groups in total. The van der Waals surface area contributed by atoms with Gasteiger partial charge in [0.1, 0.15) is 5.82 Å². The Balaban J connectivity index is 1.79. The highest BCUT2D eigenvalue weighted by Gasteiger charge is 2.31. The second kappa shape index (κ2) is 9.50. The van der Waals surface area contributed by atoms with Crippen LogP contribution >= 0.6 is 0 Å². The monoisotopic (exact) mass is 507 g/mol. The standard InChI is InChI=1S/C29H28F3N3O2/c1-18(34(5)26(36)19-10-12-20(13-11-19)28(2,3)4)25-33-24-9-7-6-8-23(24)27(37)35(25)22-16-14-21(15-17-22)29(30,31)32/h6-18H,1-5H3. The van der Waals surface area contributed by atoms with Gasteiger partial charge in [-0.25, -0.2) is 4.98 Å². The number of rotatable bonds is 4. The molecule has 5 nitrogen and oxygen atoms in total. The quantitative estimate of drug-likeness (QED) is 0.315. The minimum absolute atomic E-state index is 0.0620. The molecule has 37 heavy (non-hydrogen) atoms. The average Bonchev–Trinajstić information content (AvgIpc) is 2.86. The van der Waals surface area contributed by atoms with Crippen LogP contribution in [0.2, 0.25) is 0 Å². The first-order valence-corrected chi connectivity index (χ1v) is 11.9. The molecule has 0 aliphatic carbocycles. The first-order chi connectivity index (χ1) is 17.3. The van der Waals surface area contributed by atoms with Gasteiger partial charge in [-0.1, -0.05) is 45.0 Å². The van der Waals surface area contributed by atoms with Gasteiger partial charge in [0.05, 0.1) is 28.2 Å². The molecule has 1 atom stereocenters. The second-order valence-electron chi connectivity index (χ2n) is 10.1. The third-order valence-electron chi connectivity index (χ3n) is 6.53. The summed E-state index contributed by atoms with van der Waals surface area (Å²) in [4.78, 5) is 33.0. The molecule has 0 spiro atoms. The van der Waals surface area contributed by atoms with E-state index in [1.165, 1.54) is 21.6 Å². The Kier molecular flexibility index (Phi) is 6.71. The molecule has 1 amide bonds. The van der Waals surface area contributed by atoms with Crippen molar-refractivity contribution in [3.63, 3.8) is 0 Å². The van der Waals surface area contributed by atoms with Crippen molar-refractivity contribution in [2.45, 2.75) is 45.3 Å². The Bertz CT molecular complexity index is 1500. The zero-order valence-corrected chi connectivity index (χ0v) is 21.3. The van der Waals surface area contributed by atoms with Crippen LogP contribution in [-0.4, -0.2) is 27.4 Å². The molecule has 0 saturated heterocycles. The van der Waals surface area contributed by atoms with Crippen LogP contribution in [0.4, 0.5) is 13.2 Å². The smallest absolute Gasteiger partial charge is 0.332 e. The van der Waals surface area contributed by atoms with Gasteiger partial charge >= 0.3 is 6.18 Å². The maximum absolute atomic E-state index is 13.5. The normalized spacial score (nSPS) is 13.0. The van der Waals surface area contributed by atoms with Crippen LogP contribution in [0.5, 0.6) is 0 Å². The fourth-order valence-corrected chi connectivity index (χ4v) is 4.14. The second-order valence-corrected chi connectivity index (χ2v) is 10.1. The van der Waals surface area contributed by atoms with Gasteiger partial charge in [0.25, 0.3) is 11.5 Å². The van der Waals surface area contributed by atoms with Gasteiger partial charge in [0.2, 0.25) is 0 Å². The van der Waals surface area contributed by atoms with Crippen LogP contribution in [-0.2, 0) is 11.6 Å². The number of halogens is 3. The Morgan fingerprint density at radius 1 is 0.892 bits per heavy atom. The lowest BCUT2D eigenvalue weighted by Crippen LogP contribution is -2.35. The Morgan fingerprint density at radius 2 is 1.46 bits per heavy atom. The summed E-state index contributed by atoms with van der Waals surface area (Å²) in [5.74, 6) is -0.0278. The molecule has 0 bridgehead atoms. The van der Waals surface area contributed by atoms with Crippen molar-refractivity contribution in [2.24, 2.45) is 0 Å². The van der Waals surface area contributed by atoms with Crippen molar-refractivity contribution in [3.8, 4) is 5.69 Å². The largest absolute Gasteiger partial charge is 0.416 e. The summed E-state index contributed by atoms with van der Waals surface area (Å²) in [7, 11) is 1.61. The zero-order chi connectivity index (χ0) is 27.1. The molecule has 0 aliphatic heterocycles. The van der Waals surface area contributed by atoms with Crippen molar-refractivity contribution >= 4 is 16.8 Å². The number of alkyl halides is 3. The number of nitrogens with zero attached hydrogens (tertiary/aromatic N) is 3. The first kappa shape index (κ1) is 26.1. The van der Waals surface area contributed by atoms with E-state index in [0.29, 0.717) is 16.5 Å². The number of carbonyl (C=O) groups excluding carboxylic acids is 1. The number of fused-ring (bicyclic) bond motifs is 1. The molecule has 192 valence electrons. The molecule has 1 unspecified atom stereocenters. The molecule has 0 radical (unpaired) electrons. The number of amides is 1. The summed E-state index contributed by atoms with van der Waals surface area (Å²) in [5, 5.41) is 0.324. The highest BCUT2D eigenvalue weighted by atomic mass is 19.4. The maximum Gasteiger partial charge on any atom is 0.416 e. The van der Waals surface area contributed by atoms with Crippen molar-refractivity contribution in [1.29, 1.82) is 0 Å². The number of para-hydroxylation sites is 1.